The largest absolute Gasteiger partial charge is 0.329 e. The Hall–Kier alpha value is -1.51. The number of rotatable bonds is 0. The lowest BCUT2D eigenvalue weighted by molar-refractivity contribution is 0.727. The van der Waals surface area contributed by atoms with Crippen molar-refractivity contribution in [1.82, 2.24) is 26.9 Å². The minimum atomic E-state index is 0.958. The van der Waals surface area contributed by atoms with E-state index in [2.05, 4.69) is 42.2 Å². The Balaban J connectivity index is 0.000000133. The summed E-state index contributed by atoms with van der Waals surface area (Å²) in [6.07, 6.45) is 8.03. The molecule has 0 atom stereocenters. The fourth-order valence-corrected chi connectivity index (χ4v) is 1.41. The third kappa shape index (κ3) is 11.6. The first-order valence-corrected chi connectivity index (χ1v) is 7.12. The van der Waals surface area contributed by atoms with Gasteiger partial charge in [-0.25, -0.2) is 5.43 Å². The van der Waals surface area contributed by atoms with Gasteiger partial charge in [-0.2, -0.15) is 15.3 Å². The monoisotopic (exact) mass is 282 g/mol. The summed E-state index contributed by atoms with van der Waals surface area (Å²) in [5, 5.41) is 17.3. The summed E-state index contributed by atoms with van der Waals surface area (Å²) in [6.45, 7) is 7.18. The van der Waals surface area contributed by atoms with Gasteiger partial charge < -0.3 is 21.5 Å². The first-order valence-electron chi connectivity index (χ1n) is 7.12. The van der Waals surface area contributed by atoms with E-state index < -0.39 is 0 Å². The van der Waals surface area contributed by atoms with Crippen LogP contribution in [0.5, 0.6) is 0 Å². The van der Waals surface area contributed by atoms with Crippen LogP contribution < -0.4 is 26.9 Å². The van der Waals surface area contributed by atoms with Crippen LogP contribution in [-0.2, 0) is 0 Å². The quantitative estimate of drug-likeness (QED) is 0.415. The summed E-state index contributed by atoms with van der Waals surface area (Å²) in [5.74, 6) is 0. The second-order valence-electron chi connectivity index (χ2n) is 4.20. The van der Waals surface area contributed by atoms with Crippen LogP contribution in [0.25, 0.3) is 0 Å². The number of hydrazine groups is 1. The Bertz CT molecular complexity index is 222. The molecule has 0 unspecified atom stereocenters. The summed E-state index contributed by atoms with van der Waals surface area (Å²) in [6, 6.07) is 0. The van der Waals surface area contributed by atoms with Gasteiger partial charge in [-0.05, 0) is 6.42 Å². The Kier molecular flexibility index (Phi) is 11.5. The van der Waals surface area contributed by atoms with Crippen LogP contribution in [-0.4, -0.2) is 52.2 Å². The van der Waals surface area contributed by atoms with Gasteiger partial charge in [0.15, 0.2) is 0 Å². The molecule has 1 saturated heterocycles. The van der Waals surface area contributed by atoms with E-state index in [1.165, 1.54) is 6.42 Å². The van der Waals surface area contributed by atoms with Crippen molar-refractivity contribution >= 4 is 6.21 Å². The number of nitrogens with zero attached hydrogens (tertiary/aromatic N) is 3. The predicted molar refractivity (Wildman–Crippen MR) is 81.5 cm³/mol. The zero-order chi connectivity index (χ0) is 14.1. The molecular weight excluding hydrogens is 256 g/mol. The van der Waals surface area contributed by atoms with Gasteiger partial charge in [-0.15, -0.1) is 0 Å². The number of azo groups is 1. The van der Waals surface area contributed by atoms with Gasteiger partial charge in [-0.3, -0.25) is 0 Å². The smallest absolute Gasteiger partial charge is 0.0617 e. The lowest BCUT2D eigenvalue weighted by atomic mass is 10.5. The minimum absolute atomic E-state index is 0.958. The van der Waals surface area contributed by atoms with Gasteiger partial charge in [0.1, 0.15) is 0 Å². The highest BCUT2D eigenvalue weighted by Crippen LogP contribution is 1.91. The molecule has 20 heavy (non-hydrogen) atoms. The van der Waals surface area contributed by atoms with Crippen LogP contribution in [0, 0.1) is 0 Å². The molecule has 4 rings (SSSR count). The van der Waals surface area contributed by atoms with E-state index in [4.69, 9.17) is 0 Å². The molecule has 4 aliphatic rings. The van der Waals surface area contributed by atoms with Crippen molar-refractivity contribution in [3.8, 4) is 0 Å². The van der Waals surface area contributed by atoms with Crippen molar-refractivity contribution in [2.75, 3.05) is 45.9 Å². The molecule has 0 amide bonds. The van der Waals surface area contributed by atoms with Gasteiger partial charge in [0.25, 0.3) is 0 Å². The first kappa shape index (κ1) is 16.5. The van der Waals surface area contributed by atoms with Crippen molar-refractivity contribution in [2.45, 2.75) is 12.8 Å². The average Bonchev–Trinajstić information content (AvgIpc) is 3.40. The zero-order valence-corrected chi connectivity index (χ0v) is 11.9. The maximum atomic E-state index is 3.71. The Morgan fingerprint density at radius 3 is 1.95 bits per heavy atom. The summed E-state index contributed by atoms with van der Waals surface area (Å²) in [7, 11) is 0. The minimum Gasteiger partial charge on any atom is -0.329 e. The fourth-order valence-electron chi connectivity index (χ4n) is 1.41. The second kappa shape index (κ2) is 13.9. The molecular formula is C12H26N8. The average molecular weight is 282 g/mol. The maximum Gasteiger partial charge on any atom is 0.0617 e. The zero-order valence-electron chi connectivity index (χ0n) is 11.9. The SMILES string of the molecule is C1=CNNC1.C1=NNCC1.C1CN=NC1.C1CNCN1. The number of hydrazone groups is 1. The van der Waals surface area contributed by atoms with Crippen molar-refractivity contribution in [1.29, 1.82) is 0 Å². The van der Waals surface area contributed by atoms with Crippen molar-refractivity contribution in [3.63, 3.8) is 0 Å². The molecule has 8 nitrogen and oxygen atoms in total. The summed E-state index contributed by atoms with van der Waals surface area (Å²) < 4.78 is 0. The van der Waals surface area contributed by atoms with Gasteiger partial charge in [0.05, 0.1) is 13.1 Å². The lowest BCUT2D eigenvalue weighted by Crippen LogP contribution is -2.19. The van der Waals surface area contributed by atoms with Gasteiger partial charge >= 0.3 is 0 Å². The summed E-state index contributed by atoms with van der Waals surface area (Å²) >= 11 is 0. The van der Waals surface area contributed by atoms with E-state index in [1.54, 1.807) is 0 Å². The molecule has 5 N–H and O–H groups in total. The lowest BCUT2D eigenvalue weighted by Gasteiger charge is -1.83. The molecule has 8 heteroatoms. The molecule has 1 fully saturated rings. The van der Waals surface area contributed by atoms with Crippen molar-refractivity contribution < 1.29 is 0 Å². The maximum absolute atomic E-state index is 3.71. The van der Waals surface area contributed by atoms with E-state index in [0.29, 0.717) is 0 Å². The fraction of sp³-hybridized carbons (Fsp3) is 0.750. The first-order chi connectivity index (χ1) is 10.0. The molecule has 0 bridgehead atoms. The third-order valence-electron chi connectivity index (χ3n) is 2.44. The van der Waals surface area contributed by atoms with Crippen LogP contribution in [0.2, 0.25) is 0 Å². The molecule has 4 aliphatic heterocycles. The van der Waals surface area contributed by atoms with E-state index in [0.717, 1.165) is 52.4 Å². The molecule has 0 radical (unpaired) electrons. The van der Waals surface area contributed by atoms with Gasteiger partial charge in [-0.1, -0.05) is 6.08 Å². The van der Waals surface area contributed by atoms with E-state index in [-0.39, 0.29) is 0 Å². The molecule has 0 spiro atoms. The number of nitrogens with one attached hydrogen (secondary N) is 5. The summed E-state index contributed by atoms with van der Waals surface area (Å²) in [5.41, 5.74) is 8.44. The predicted octanol–water partition coefficient (Wildman–Crippen LogP) is -0.448. The molecule has 0 saturated carbocycles. The highest BCUT2D eigenvalue weighted by atomic mass is 15.4. The number of hydrogen-bond donors (Lipinski definition) is 5. The van der Waals surface area contributed by atoms with E-state index in [1.807, 2.05) is 18.5 Å². The van der Waals surface area contributed by atoms with E-state index in [9.17, 15) is 0 Å². The molecule has 4 heterocycles. The van der Waals surface area contributed by atoms with Crippen LogP contribution in [0.3, 0.4) is 0 Å². The van der Waals surface area contributed by atoms with Crippen LogP contribution in [0.15, 0.2) is 27.6 Å². The molecule has 0 aromatic heterocycles. The molecule has 0 aromatic carbocycles. The molecule has 0 aliphatic carbocycles. The van der Waals surface area contributed by atoms with Crippen LogP contribution in [0.1, 0.15) is 12.8 Å². The van der Waals surface area contributed by atoms with Gasteiger partial charge in [0, 0.05) is 51.7 Å². The third-order valence-corrected chi connectivity index (χ3v) is 2.44. The number of hydrogen-bond acceptors (Lipinski definition) is 8. The highest BCUT2D eigenvalue weighted by Gasteiger charge is 1.90. The van der Waals surface area contributed by atoms with Crippen molar-refractivity contribution in [3.05, 3.63) is 12.3 Å². The van der Waals surface area contributed by atoms with Gasteiger partial charge in [0.2, 0.25) is 0 Å². The normalized spacial score (nSPS) is 20.8. The standard InChI is InChI=1S/C3H8N2.3C3H6N2/c1-2-5-3-4-1;3*1-2-4-5-3-1/h4-5H,1-3H2;1-3H2;2,5H,1,3H2;1-2,4-5H,3H2. The van der Waals surface area contributed by atoms with Crippen LogP contribution in [0.4, 0.5) is 0 Å². The Morgan fingerprint density at radius 1 is 0.950 bits per heavy atom. The highest BCUT2D eigenvalue weighted by molar-refractivity contribution is 5.58. The summed E-state index contributed by atoms with van der Waals surface area (Å²) in [4.78, 5) is 0. The Labute approximate surface area is 120 Å². The topological polar surface area (TPSA) is 97.2 Å². The van der Waals surface area contributed by atoms with Crippen LogP contribution >= 0.6 is 0 Å². The molecule has 114 valence electrons. The Morgan fingerprint density at radius 2 is 1.75 bits per heavy atom. The second-order valence-corrected chi connectivity index (χ2v) is 4.20. The van der Waals surface area contributed by atoms with Crippen molar-refractivity contribution in [2.24, 2.45) is 15.3 Å². The van der Waals surface area contributed by atoms with E-state index >= 15 is 0 Å². The molecule has 0 aromatic rings.